The van der Waals surface area contributed by atoms with Crippen molar-refractivity contribution in [3.63, 3.8) is 0 Å². The zero-order valence-corrected chi connectivity index (χ0v) is 53.6. The third-order valence-corrected chi connectivity index (χ3v) is 13.0. The molecule has 0 aromatic carbocycles. The molecule has 4 fully saturated rings. The lowest BCUT2D eigenvalue weighted by atomic mass is 10.1. The predicted octanol–water partition coefficient (Wildman–Crippen LogP) is 8.04. The predicted molar refractivity (Wildman–Crippen MR) is 329 cm³/mol. The maximum atomic E-state index is 12.6. The molecule has 4 aliphatic heterocycles. The first-order valence-electron chi connectivity index (χ1n) is 29.3. The van der Waals surface area contributed by atoms with Crippen molar-refractivity contribution in [3.8, 4) is 0 Å². The molecule has 0 atom stereocenters. The number of pyridine rings is 3. The molecule has 4 aromatic rings. The number of urea groups is 1. The van der Waals surface area contributed by atoms with Gasteiger partial charge in [-0.1, -0.05) is 6.07 Å². The molecule has 0 spiro atoms. The molecular weight excluding hydrogens is 1080 g/mol. The number of rotatable bonds is 6. The van der Waals surface area contributed by atoms with Gasteiger partial charge in [-0.3, -0.25) is 38.5 Å². The number of halogens is 2. The van der Waals surface area contributed by atoms with Gasteiger partial charge in [0.15, 0.2) is 5.82 Å². The van der Waals surface area contributed by atoms with Gasteiger partial charge in [0.2, 0.25) is 17.7 Å². The normalized spacial score (nSPS) is 15.4. The van der Waals surface area contributed by atoms with Gasteiger partial charge >= 0.3 is 6.03 Å². The zero-order chi connectivity index (χ0) is 64.1. The summed E-state index contributed by atoms with van der Waals surface area (Å²) in [5, 5.41) is 5.83. The zero-order valence-electron chi connectivity index (χ0n) is 53.6. The van der Waals surface area contributed by atoms with E-state index < -0.39 is 11.4 Å². The molecule has 22 heteroatoms. The molecule has 2 N–H and O–H groups in total. The molecule has 4 aliphatic rings. The number of amides is 5. The van der Waals surface area contributed by atoms with Gasteiger partial charge in [-0.2, -0.15) is 0 Å². The van der Waals surface area contributed by atoms with E-state index >= 15 is 0 Å². The third-order valence-electron chi connectivity index (χ3n) is 13.0. The summed E-state index contributed by atoms with van der Waals surface area (Å²) in [6.07, 6.45) is 13.3. The van der Waals surface area contributed by atoms with E-state index in [4.69, 9.17) is 4.74 Å². The molecule has 4 aromatic heterocycles. The lowest BCUT2D eigenvalue weighted by Crippen LogP contribution is -2.50. The maximum absolute atomic E-state index is 12.6. The molecule has 8 heterocycles. The number of nitrogens with one attached hydrogen (secondary N) is 2. The van der Waals surface area contributed by atoms with Crippen molar-refractivity contribution in [2.75, 3.05) is 59.0 Å². The number of hydrogen-bond acceptors (Lipinski definition) is 11. The van der Waals surface area contributed by atoms with Crippen LogP contribution < -0.4 is 32.9 Å². The van der Waals surface area contributed by atoms with Crippen LogP contribution in [0, 0.1) is 11.6 Å². The van der Waals surface area contributed by atoms with E-state index in [0.717, 1.165) is 58.5 Å². The highest BCUT2D eigenvalue weighted by Crippen LogP contribution is 2.13. The van der Waals surface area contributed by atoms with E-state index in [0.29, 0.717) is 43.2 Å². The summed E-state index contributed by atoms with van der Waals surface area (Å²) in [7, 11) is 0. The van der Waals surface area contributed by atoms with Crippen molar-refractivity contribution in [1.82, 2.24) is 53.5 Å². The summed E-state index contributed by atoms with van der Waals surface area (Å²) < 4.78 is 36.2. The lowest BCUT2D eigenvalue weighted by Gasteiger charge is -2.30. The molecule has 0 saturated carbocycles. The summed E-state index contributed by atoms with van der Waals surface area (Å²) >= 11 is 0. The minimum atomic E-state index is -0.693. The summed E-state index contributed by atoms with van der Waals surface area (Å²) in [5.74, 6) is -0.400. The number of ether oxygens (including phenoxy) is 1. The molecule has 20 nitrogen and oxygen atoms in total. The highest BCUT2D eigenvalue weighted by atomic mass is 19.1. The Bertz CT molecular complexity index is 2650. The Morgan fingerprint density at radius 3 is 1.49 bits per heavy atom. The number of aromatic nitrogens is 5. The van der Waals surface area contributed by atoms with Gasteiger partial charge in [0.05, 0.1) is 19.3 Å². The first-order chi connectivity index (χ1) is 39.1. The van der Waals surface area contributed by atoms with Crippen LogP contribution in [0.3, 0.4) is 0 Å². The lowest BCUT2D eigenvalue weighted by molar-refractivity contribution is -0.144. The molecule has 0 radical (unpaired) electrons. The largest absolute Gasteiger partial charge is 0.370 e. The number of morpholine rings is 1. The second-order valence-electron chi connectivity index (χ2n) is 24.0. The van der Waals surface area contributed by atoms with Crippen molar-refractivity contribution in [2.24, 2.45) is 0 Å². The van der Waals surface area contributed by atoms with Crippen LogP contribution in [0.2, 0.25) is 0 Å². The fourth-order valence-corrected chi connectivity index (χ4v) is 8.41. The first-order valence-corrected chi connectivity index (χ1v) is 29.3. The van der Waals surface area contributed by atoms with Crippen LogP contribution in [0.4, 0.5) is 13.6 Å². The smallest absolute Gasteiger partial charge is 0.317 e. The fourth-order valence-electron chi connectivity index (χ4n) is 8.41. The van der Waals surface area contributed by atoms with Crippen molar-refractivity contribution < 1.29 is 32.7 Å². The Hall–Kier alpha value is -6.81. The second-order valence-corrected chi connectivity index (χ2v) is 24.0. The van der Waals surface area contributed by atoms with Gasteiger partial charge in [-0.15, -0.1) is 0 Å². The SMILES string of the molecule is CC(C)(C)n1ccccc1=O.CC(C)(C)n1ccncc1=O.CC(C)N1CCCCC1=O.CC(C)N1CCCNC1=O.CC(C)N1CCNCC1=O.CC(C)N1CCOCC1=O.CC(C)n1cc(F)ccc1=O.CC(C)n1cccc(F)c1=O. The molecule has 0 aliphatic carbocycles. The monoisotopic (exact) mass is 1180 g/mol. The van der Waals surface area contributed by atoms with E-state index in [9.17, 15) is 47.1 Å². The number of carbonyl (C=O) groups excluding carboxylic acids is 4. The highest BCUT2D eigenvalue weighted by Gasteiger charge is 2.23. The van der Waals surface area contributed by atoms with Crippen molar-refractivity contribution in [3.05, 3.63) is 133 Å². The number of carbonyl (C=O) groups is 4. The maximum Gasteiger partial charge on any atom is 0.317 e. The van der Waals surface area contributed by atoms with Gasteiger partial charge in [0, 0.05) is 136 Å². The van der Waals surface area contributed by atoms with Crippen molar-refractivity contribution in [2.45, 2.75) is 198 Å². The molecular formula is C62H101F2N11O9. The second kappa shape index (κ2) is 37.5. The Balaban J connectivity index is 0.000000480. The van der Waals surface area contributed by atoms with Crippen molar-refractivity contribution >= 4 is 23.8 Å². The van der Waals surface area contributed by atoms with Crippen LogP contribution in [0.25, 0.3) is 0 Å². The molecule has 472 valence electrons. The summed E-state index contributed by atoms with van der Waals surface area (Å²) in [4.78, 5) is 100. The van der Waals surface area contributed by atoms with E-state index in [1.165, 1.54) is 52.2 Å². The minimum absolute atomic E-state index is 0.0122. The van der Waals surface area contributed by atoms with Crippen LogP contribution in [0.5, 0.6) is 0 Å². The number of piperidine rings is 1. The van der Waals surface area contributed by atoms with Gasteiger partial charge in [0.1, 0.15) is 12.4 Å². The van der Waals surface area contributed by atoms with E-state index in [-0.39, 0.29) is 70.1 Å². The number of nitrogens with zero attached hydrogens (tertiary/aromatic N) is 9. The van der Waals surface area contributed by atoms with E-state index in [1.54, 1.807) is 39.9 Å². The number of piperazine rings is 1. The molecule has 8 rings (SSSR count). The first kappa shape index (κ1) is 75.2. The van der Waals surface area contributed by atoms with E-state index in [2.05, 4.69) is 29.5 Å². The average molecular weight is 1180 g/mol. The summed E-state index contributed by atoms with van der Waals surface area (Å²) in [6, 6.07) is 11.8. The Labute approximate surface area is 497 Å². The van der Waals surface area contributed by atoms with Crippen LogP contribution in [0.1, 0.15) is 162 Å². The molecule has 84 heavy (non-hydrogen) atoms. The van der Waals surface area contributed by atoms with Crippen LogP contribution in [-0.2, 0) is 30.2 Å². The molecule has 0 unspecified atom stereocenters. The average Bonchev–Trinajstić information content (AvgIpc) is 3.53. The Morgan fingerprint density at radius 2 is 1.08 bits per heavy atom. The van der Waals surface area contributed by atoms with Crippen molar-refractivity contribution in [1.29, 1.82) is 0 Å². The highest BCUT2D eigenvalue weighted by molar-refractivity contribution is 5.79. The number of hydrogen-bond donors (Lipinski definition) is 2. The minimum Gasteiger partial charge on any atom is -0.370 e. The summed E-state index contributed by atoms with van der Waals surface area (Å²) in [5.41, 5.74) is -0.984. The van der Waals surface area contributed by atoms with Crippen LogP contribution >= 0.6 is 0 Å². The number of likely N-dealkylation sites (tertiary alicyclic amines) is 1. The summed E-state index contributed by atoms with van der Waals surface area (Å²) in [6.45, 7) is 42.3. The molecule has 0 bridgehead atoms. The topological polar surface area (TPSA) is 215 Å². The van der Waals surface area contributed by atoms with Crippen LogP contribution in [-0.4, -0.2) is 150 Å². The van der Waals surface area contributed by atoms with Gasteiger partial charge in [-0.25, -0.2) is 13.6 Å². The van der Waals surface area contributed by atoms with Crippen LogP contribution in [0.15, 0.2) is 98.8 Å². The van der Waals surface area contributed by atoms with E-state index in [1.807, 2.05) is 143 Å². The Kier molecular flexibility index (Phi) is 33.6. The molecule has 4 saturated heterocycles. The standard InChI is InChI=1S/C9H13NO.2C8H10FNO.C8H12N2O.C8H15NO.2C7H14N2O.C7H13NO2/c1-9(2,3)10-7-5-4-6-8(10)11;1-6(2)10-5-7(9)3-4-8(10)11;1-6(2)10-5-3-4-7(9)8(10)11;1-8(2,3)10-5-4-9-6-7(10)11;1-7(2)9-6-4-3-5-8(9)10;1-6(2)9-4-3-8-5-7(9)10;1-6(2)9-5-3-4-8-7(9)10;1-6(2)8-3-4-10-5-7(8)9/h4-7H,1-3H3;2*3-6H,1-2H3;4-6H,1-3H3;7H,3-6H2,1-2H3;6,8H,3-5H2,1-2H3;6H,3-5H2,1-2H3,(H,8,10);6H,3-5H2,1-2H3. The quantitative estimate of drug-likeness (QED) is 0.188. The third kappa shape index (κ3) is 27.7. The van der Waals surface area contributed by atoms with Gasteiger partial charge in [-0.05, 0) is 168 Å². The molecule has 5 amide bonds. The van der Waals surface area contributed by atoms with Gasteiger partial charge < -0.3 is 53.2 Å². The Morgan fingerprint density at radius 1 is 0.524 bits per heavy atom. The van der Waals surface area contributed by atoms with Gasteiger partial charge in [0.25, 0.3) is 22.2 Å². The fraction of sp³-hybridized carbons (Fsp3) is 0.629.